The molecule has 1 unspecified atom stereocenters. The molecule has 2 aromatic carbocycles. The maximum atomic E-state index is 13.0. The van der Waals surface area contributed by atoms with E-state index in [-0.39, 0.29) is 17.7 Å². The molecule has 0 bridgehead atoms. The van der Waals surface area contributed by atoms with E-state index in [1.165, 1.54) is 0 Å². The highest BCUT2D eigenvalue weighted by Crippen LogP contribution is 2.22. The summed E-state index contributed by atoms with van der Waals surface area (Å²) in [5.41, 5.74) is 1.60. The Hall–Kier alpha value is -3.35. The molecule has 164 valence electrons. The number of anilines is 1. The third kappa shape index (κ3) is 5.63. The fraction of sp³-hybridized carbons (Fsp3) is 0.375. The number of ether oxygens (including phenoxy) is 1. The zero-order valence-electron chi connectivity index (χ0n) is 18.0. The van der Waals surface area contributed by atoms with Gasteiger partial charge in [0, 0.05) is 29.9 Å². The molecule has 2 N–H and O–H groups in total. The first-order valence-electron chi connectivity index (χ1n) is 10.7. The van der Waals surface area contributed by atoms with Crippen molar-refractivity contribution in [3.63, 3.8) is 0 Å². The predicted molar refractivity (Wildman–Crippen MR) is 119 cm³/mol. The van der Waals surface area contributed by atoms with Crippen LogP contribution in [0.4, 0.5) is 5.69 Å². The van der Waals surface area contributed by atoms with Crippen LogP contribution in [-0.2, 0) is 4.79 Å². The fourth-order valence-corrected chi connectivity index (χ4v) is 3.60. The third-order valence-electron chi connectivity index (χ3n) is 5.39. The van der Waals surface area contributed by atoms with Crippen molar-refractivity contribution in [2.45, 2.75) is 38.6 Å². The van der Waals surface area contributed by atoms with E-state index in [9.17, 15) is 14.4 Å². The molecule has 0 saturated carbocycles. The molecule has 31 heavy (non-hydrogen) atoms. The highest BCUT2D eigenvalue weighted by atomic mass is 16.5. The van der Waals surface area contributed by atoms with Crippen LogP contribution in [0.1, 0.15) is 53.3 Å². The van der Waals surface area contributed by atoms with E-state index in [4.69, 9.17) is 4.74 Å². The van der Waals surface area contributed by atoms with Crippen molar-refractivity contribution in [1.82, 2.24) is 10.2 Å². The van der Waals surface area contributed by atoms with Gasteiger partial charge >= 0.3 is 0 Å². The molecular formula is C24H29N3O4. The van der Waals surface area contributed by atoms with Crippen molar-refractivity contribution in [3.05, 3.63) is 59.7 Å². The van der Waals surface area contributed by atoms with Gasteiger partial charge in [-0.15, -0.1) is 0 Å². The van der Waals surface area contributed by atoms with Crippen molar-refractivity contribution in [3.8, 4) is 5.75 Å². The maximum absolute atomic E-state index is 13.0. The van der Waals surface area contributed by atoms with Crippen LogP contribution in [0.5, 0.6) is 5.75 Å². The Labute approximate surface area is 182 Å². The minimum absolute atomic E-state index is 0.0809. The maximum Gasteiger partial charge on any atom is 0.255 e. The lowest BCUT2D eigenvalue weighted by Crippen LogP contribution is -2.46. The zero-order valence-corrected chi connectivity index (χ0v) is 18.0. The molecule has 0 aliphatic carbocycles. The summed E-state index contributed by atoms with van der Waals surface area (Å²) in [5.74, 6) is 0.188. The summed E-state index contributed by atoms with van der Waals surface area (Å²) in [6.45, 7) is 3.28. The Kier molecular flexibility index (Phi) is 7.65. The van der Waals surface area contributed by atoms with Gasteiger partial charge in [-0.25, -0.2) is 0 Å². The number of unbranched alkanes of at least 4 members (excludes halogenated alkanes) is 1. The van der Waals surface area contributed by atoms with Gasteiger partial charge in [-0.05, 0) is 67.8 Å². The highest BCUT2D eigenvalue weighted by Gasteiger charge is 2.34. The minimum Gasteiger partial charge on any atom is -0.497 e. The average molecular weight is 424 g/mol. The molecular weight excluding hydrogens is 394 g/mol. The molecule has 0 radical (unpaired) electrons. The number of methoxy groups -OCH3 is 1. The van der Waals surface area contributed by atoms with Gasteiger partial charge in [-0.3, -0.25) is 14.4 Å². The number of amides is 3. The van der Waals surface area contributed by atoms with Gasteiger partial charge in [0.15, 0.2) is 0 Å². The average Bonchev–Trinajstić information content (AvgIpc) is 3.29. The lowest BCUT2D eigenvalue weighted by Gasteiger charge is -2.24. The van der Waals surface area contributed by atoms with Crippen molar-refractivity contribution in [2.24, 2.45) is 0 Å². The number of benzene rings is 2. The Morgan fingerprint density at radius 3 is 2.35 bits per heavy atom. The van der Waals surface area contributed by atoms with Crippen LogP contribution >= 0.6 is 0 Å². The van der Waals surface area contributed by atoms with E-state index in [1.807, 2.05) is 0 Å². The first-order chi connectivity index (χ1) is 15.0. The molecule has 1 aliphatic heterocycles. The quantitative estimate of drug-likeness (QED) is 0.637. The van der Waals surface area contributed by atoms with Gasteiger partial charge in [0.25, 0.3) is 11.8 Å². The number of carbonyl (C=O) groups excluding carboxylic acids is 3. The Bertz CT molecular complexity index is 909. The fourth-order valence-electron chi connectivity index (χ4n) is 3.60. The zero-order chi connectivity index (χ0) is 22.2. The monoisotopic (exact) mass is 423 g/mol. The largest absolute Gasteiger partial charge is 0.497 e. The first-order valence-corrected chi connectivity index (χ1v) is 10.7. The van der Waals surface area contributed by atoms with Crippen LogP contribution in [-0.4, -0.2) is 48.9 Å². The lowest BCUT2D eigenvalue weighted by atomic mass is 10.1. The van der Waals surface area contributed by atoms with Crippen LogP contribution in [0.3, 0.4) is 0 Å². The molecule has 7 heteroatoms. The van der Waals surface area contributed by atoms with Crippen molar-refractivity contribution in [1.29, 1.82) is 0 Å². The Morgan fingerprint density at radius 1 is 1.03 bits per heavy atom. The van der Waals surface area contributed by atoms with E-state index in [0.717, 1.165) is 19.3 Å². The second kappa shape index (κ2) is 10.6. The van der Waals surface area contributed by atoms with Gasteiger partial charge in [0.2, 0.25) is 5.91 Å². The molecule has 1 atom stereocenters. The molecule has 0 spiro atoms. The Balaban J connectivity index is 1.61. The molecule has 1 saturated heterocycles. The van der Waals surface area contributed by atoms with Gasteiger partial charge in [0.1, 0.15) is 11.8 Å². The van der Waals surface area contributed by atoms with Crippen molar-refractivity contribution in [2.75, 3.05) is 25.5 Å². The SMILES string of the molecule is CCCCNC(=O)C1CCCN1C(=O)c1ccc(NC(=O)c2ccc(OC)cc2)cc1. The van der Waals surface area contributed by atoms with Gasteiger partial charge < -0.3 is 20.3 Å². The van der Waals surface area contributed by atoms with Crippen molar-refractivity contribution < 1.29 is 19.1 Å². The second-order valence-corrected chi connectivity index (χ2v) is 7.56. The number of hydrogen-bond donors (Lipinski definition) is 2. The molecule has 1 aliphatic rings. The van der Waals surface area contributed by atoms with Crippen LogP contribution in [0.15, 0.2) is 48.5 Å². The second-order valence-electron chi connectivity index (χ2n) is 7.56. The number of nitrogens with zero attached hydrogens (tertiary/aromatic N) is 1. The lowest BCUT2D eigenvalue weighted by molar-refractivity contribution is -0.124. The standard InChI is InChI=1S/C24H29N3O4/c1-3-4-15-25-23(29)21-6-5-16-27(21)24(30)18-7-11-19(12-8-18)26-22(28)17-9-13-20(31-2)14-10-17/h7-14,21H,3-6,15-16H2,1-2H3,(H,25,29)(H,26,28). The number of nitrogens with one attached hydrogen (secondary N) is 2. The summed E-state index contributed by atoms with van der Waals surface area (Å²) in [4.78, 5) is 39.5. The van der Waals surface area contributed by atoms with E-state index >= 15 is 0 Å². The minimum atomic E-state index is -0.418. The van der Waals surface area contributed by atoms with Gasteiger partial charge in [0.05, 0.1) is 7.11 Å². The summed E-state index contributed by atoms with van der Waals surface area (Å²) < 4.78 is 5.10. The summed E-state index contributed by atoms with van der Waals surface area (Å²) in [5, 5.41) is 5.75. The van der Waals surface area contributed by atoms with E-state index in [1.54, 1.807) is 60.5 Å². The van der Waals surface area contributed by atoms with Crippen molar-refractivity contribution >= 4 is 23.4 Å². The summed E-state index contributed by atoms with van der Waals surface area (Å²) in [6, 6.07) is 13.1. The topological polar surface area (TPSA) is 87.7 Å². The normalized spacial score (nSPS) is 15.4. The Morgan fingerprint density at radius 2 is 1.71 bits per heavy atom. The van der Waals surface area contributed by atoms with Crippen LogP contribution in [0, 0.1) is 0 Å². The van der Waals surface area contributed by atoms with Crippen LogP contribution in [0.2, 0.25) is 0 Å². The number of rotatable bonds is 8. The molecule has 2 aromatic rings. The van der Waals surface area contributed by atoms with Gasteiger partial charge in [-0.2, -0.15) is 0 Å². The first kappa shape index (κ1) is 22.3. The van der Waals surface area contributed by atoms with E-state index < -0.39 is 6.04 Å². The van der Waals surface area contributed by atoms with E-state index in [2.05, 4.69) is 17.6 Å². The third-order valence-corrected chi connectivity index (χ3v) is 5.39. The van der Waals surface area contributed by atoms with Crippen LogP contribution in [0.25, 0.3) is 0 Å². The van der Waals surface area contributed by atoms with Crippen LogP contribution < -0.4 is 15.4 Å². The summed E-state index contributed by atoms with van der Waals surface area (Å²) in [6.07, 6.45) is 3.43. The van der Waals surface area contributed by atoms with E-state index in [0.29, 0.717) is 42.1 Å². The number of likely N-dealkylation sites (tertiary alicyclic amines) is 1. The molecule has 3 rings (SSSR count). The summed E-state index contributed by atoms with van der Waals surface area (Å²) in [7, 11) is 1.57. The molecule has 1 heterocycles. The molecule has 0 aromatic heterocycles. The van der Waals surface area contributed by atoms with Gasteiger partial charge in [-0.1, -0.05) is 13.3 Å². The number of carbonyl (C=O) groups is 3. The molecule has 1 fully saturated rings. The predicted octanol–water partition coefficient (Wildman–Crippen LogP) is 3.47. The summed E-state index contributed by atoms with van der Waals surface area (Å²) >= 11 is 0. The number of hydrogen-bond acceptors (Lipinski definition) is 4. The molecule has 3 amide bonds. The molecule has 7 nitrogen and oxygen atoms in total. The smallest absolute Gasteiger partial charge is 0.255 e. The highest BCUT2D eigenvalue weighted by molar-refractivity contribution is 6.04.